The average Bonchev–Trinajstić information content (AvgIpc) is 3.29. The molecule has 1 aliphatic heterocycles. The lowest BCUT2D eigenvalue weighted by Gasteiger charge is -2.18. The molecular weight excluding hydrogens is 570 g/mol. The summed E-state index contributed by atoms with van der Waals surface area (Å²) >= 11 is 9.68. The molecule has 1 unspecified atom stereocenters. The number of sulfone groups is 1. The minimum Gasteiger partial charge on any atom is -0.373 e. The predicted molar refractivity (Wildman–Crippen MR) is 145 cm³/mol. The van der Waals surface area contributed by atoms with Crippen LogP contribution in [0.1, 0.15) is 24.5 Å². The fraction of sp³-hybridized carbons (Fsp3) is 0.360. The van der Waals surface area contributed by atoms with Crippen LogP contribution in [0, 0.1) is 0 Å². The van der Waals surface area contributed by atoms with E-state index in [1.165, 1.54) is 25.1 Å². The van der Waals surface area contributed by atoms with E-state index in [1.54, 1.807) is 18.2 Å². The molecule has 11 heteroatoms. The minimum absolute atomic E-state index is 0.0540. The fourth-order valence-corrected chi connectivity index (χ4v) is 6.18. The van der Waals surface area contributed by atoms with Crippen molar-refractivity contribution in [1.82, 2.24) is 14.5 Å². The maximum Gasteiger partial charge on any atom is 0.329 e. The van der Waals surface area contributed by atoms with Crippen molar-refractivity contribution in [3.05, 3.63) is 84.4 Å². The molecule has 2 heterocycles. The standard InChI is InChI=1S/C25H27BrClN3O5S/c1-3-9-35-19-7-8-29(15-19)13-16-11-22-20(12-21(16)26)24(31)30(25(32)28-22)14-17-10-18(27)5-6-23(17)36(33,34)4-2/h3,5-6,10-12,19H,1,4,7-9,13-15H2,2H3,(H,28,32). The molecule has 1 saturated heterocycles. The summed E-state index contributed by atoms with van der Waals surface area (Å²) in [5.74, 6) is -0.113. The Kier molecular flexibility index (Phi) is 8.21. The monoisotopic (exact) mass is 595 g/mol. The molecule has 3 aromatic rings. The molecule has 2 aromatic carbocycles. The van der Waals surface area contributed by atoms with Gasteiger partial charge in [-0.1, -0.05) is 40.5 Å². The third-order valence-corrected chi connectivity index (χ3v) is 9.09. The summed E-state index contributed by atoms with van der Waals surface area (Å²) in [7, 11) is -3.58. The maximum atomic E-state index is 13.3. The molecule has 1 atom stereocenters. The molecule has 1 fully saturated rings. The zero-order valence-corrected chi connectivity index (χ0v) is 23.0. The van der Waals surface area contributed by atoms with E-state index in [9.17, 15) is 18.0 Å². The lowest BCUT2D eigenvalue weighted by Crippen LogP contribution is -2.35. The van der Waals surface area contributed by atoms with Crippen molar-refractivity contribution in [1.29, 1.82) is 0 Å². The number of H-pyrrole nitrogens is 1. The second-order valence-corrected chi connectivity index (χ2v) is 12.3. The van der Waals surface area contributed by atoms with Crippen LogP contribution in [0.5, 0.6) is 0 Å². The van der Waals surface area contributed by atoms with E-state index >= 15 is 0 Å². The lowest BCUT2D eigenvalue weighted by molar-refractivity contribution is 0.0795. The van der Waals surface area contributed by atoms with Gasteiger partial charge in [0, 0.05) is 29.1 Å². The highest BCUT2D eigenvalue weighted by molar-refractivity contribution is 9.10. The van der Waals surface area contributed by atoms with Gasteiger partial charge >= 0.3 is 5.69 Å². The van der Waals surface area contributed by atoms with Gasteiger partial charge in [-0.25, -0.2) is 13.2 Å². The van der Waals surface area contributed by atoms with Crippen LogP contribution in [0.3, 0.4) is 0 Å². The van der Waals surface area contributed by atoms with Crippen molar-refractivity contribution >= 4 is 48.3 Å². The van der Waals surface area contributed by atoms with Crippen molar-refractivity contribution in [3.8, 4) is 0 Å². The normalized spacial score (nSPS) is 16.6. The van der Waals surface area contributed by atoms with E-state index in [4.69, 9.17) is 16.3 Å². The Morgan fingerprint density at radius 1 is 1.22 bits per heavy atom. The van der Waals surface area contributed by atoms with E-state index in [1.807, 2.05) is 0 Å². The molecule has 1 aromatic heterocycles. The largest absolute Gasteiger partial charge is 0.373 e. The number of fused-ring (bicyclic) bond motifs is 1. The molecule has 1 N–H and O–H groups in total. The first-order valence-electron chi connectivity index (χ1n) is 11.5. The molecule has 0 radical (unpaired) electrons. The number of halogens is 2. The lowest BCUT2D eigenvalue weighted by atomic mass is 10.1. The predicted octanol–water partition coefficient (Wildman–Crippen LogP) is 3.72. The van der Waals surface area contributed by atoms with Gasteiger partial charge in [0.25, 0.3) is 5.56 Å². The van der Waals surface area contributed by atoms with Crippen molar-refractivity contribution in [2.45, 2.75) is 37.4 Å². The van der Waals surface area contributed by atoms with Crippen molar-refractivity contribution in [2.75, 3.05) is 25.4 Å². The second kappa shape index (κ2) is 11.0. The molecule has 0 spiro atoms. The van der Waals surface area contributed by atoms with Gasteiger partial charge in [0.2, 0.25) is 0 Å². The first kappa shape index (κ1) is 26.8. The Morgan fingerprint density at radius 2 is 2.00 bits per heavy atom. The van der Waals surface area contributed by atoms with E-state index in [2.05, 4.69) is 32.4 Å². The van der Waals surface area contributed by atoms with Crippen molar-refractivity contribution in [2.24, 2.45) is 0 Å². The average molecular weight is 597 g/mol. The van der Waals surface area contributed by atoms with Crippen LogP contribution < -0.4 is 11.2 Å². The van der Waals surface area contributed by atoms with Crippen LogP contribution in [-0.4, -0.2) is 54.4 Å². The van der Waals surface area contributed by atoms with Crippen LogP contribution in [0.25, 0.3) is 10.9 Å². The van der Waals surface area contributed by atoms with Gasteiger partial charge < -0.3 is 9.72 Å². The second-order valence-electron chi connectivity index (χ2n) is 8.73. The summed E-state index contributed by atoms with van der Waals surface area (Å²) < 4.78 is 32.6. The Morgan fingerprint density at radius 3 is 2.72 bits per heavy atom. The van der Waals surface area contributed by atoms with Crippen LogP contribution in [0.15, 0.2) is 61.9 Å². The molecular formula is C25H27BrClN3O5S. The Hall–Kier alpha value is -2.24. The first-order chi connectivity index (χ1) is 17.1. The summed E-state index contributed by atoms with van der Waals surface area (Å²) in [6.45, 7) is 7.82. The van der Waals surface area contributed by atoms with Crippen molar-refractivity contribution < 1.29 is 13.2 Å². The number of nitrogens with zero attached hydrogens (tertiary/aromatic N) is 2. The molecule has 0 amide bonds. The highest BCUT2D eigenvalue weighted by Gasteiger charge is 2.24. The molecule has 192 valence electrons. The van der Waals surface area contributed by atoms with Gasteiger partial charge in [-0.3, -0.25) is 14.3 Å². The number of aromatic amines is 1. The van der Waals surface area contributed by atoms with Crippen LogP contribution in [0.2, 0.25) is 5.02 Å². The first-order valence-corrected chi connectivity index (χ1v) is 14.4. The highest BCUT2D eigenvalue weighted by atomic mass is 79.9. The zero-order chi connectivity index (χ0) is 26.0. The third-order valence-electron chi connectivity index (χ3n) is 6.29. The molecule has 36 heavy (non-hydrogen) atoms. The number of benzene rings is 2. The maximum absolute atomic E-state index is 13.3. The Balaban J connectivity index is 1.67. The fourth-order valence-electron chi connectivity index (χ4n) is 4.41. The number of ether oxygens (including phenoxy) is 1. The number of nitrogens with one attached hydrogen (secondary N) is 1. The molecule has 1 aliphatic rings. The third kappa shape index (κ3) is 5.68. The van der Waals surface area contributed by atoms with E-state index in [0.29, 0.717) is 29.1 Å². The minimum atomic E-state index is -3.58. The van der Waals surface area contributed by atoms with Gasteiger partial charge in [0.15, 0.2) is 9.84 Å². The zero-order valence-electron chi connectivity index (χ0n) is 19.8. The smallest absolute Gasteiger partial charge is 0.329 e. The molecule has 0 aliphatic carbocycles. The summed E-state index contributed by atoms with van der Waals surface area (Å²) in [5.41, 5.74) is 0.505. The summed E-state index contributed by atoms with van der Waals surface area (Å²) in [4.78, 5) is 31.4. The van der Waals surface area contributed by atoms with Gasteiger partial charge in [-0.05, 0) is 47.9 Å². The molecule has 4 rings (SSSR count). The molecule has 0 bridgehead atoms. The summed E-state index contributed by atoms with van der Waals surface area (Å²) in [6.07, 6.45) is 2.82. The van der Waals surface area contributed by atoms with Gasteiger partial charge in [-0.15, -0.1) is 6.58 Å². The number of aromatic nitrogens is 2. The summed E-state index contributed by atoms with van der Waals surface area (Å²) in [5, 5.41) is 0.637. The van der Waals surface area contributed by atoms with Crippen LogP contribution in [0.4, 0.5) is 0 Å². The van der Waals surface area contributed by atoms with Crippen molar-refractivity contribution in [3.63, 3.8) is 0 Å². The number of hydrogen-bond donors (Lipinski definition) is 1. The van der Waals surface area contributed by atoms with Gasteiger partial charge in [0.1, 0.15) is 0 Å². The Labute approximate surface area is 222 Å². The highest BCUT2D eigenvalue weighted by Crippen LogP contribution is 2.26. The SMILES string of the molecule is C=CCOC1CCN(Cc2cc3[nH]c(=O)n(Cc4cc(Cl)ccc4S(=O)(=O)CC)c(=O)c3cc2Br)C1. The van der Waals surface area contributed by atoms with Crippen LogP contribution in [-0.2, 0) is 27.7 Å². The van der Waals surface area contributed by atoms with E-state index < -0.39 is 21.1 Å². The Bertz CT molecular complexity index is 1530. The summed E-state index contributed by atoms with van der Waals surface area (Å²) in [6, 6.07) is 7.86. The number of likely N-dealkylation sites (tertiary alicyclic amines) is 1. The quantitative estimate of drug-likeness (QED) is 0.378. The molecule has 0 saturated carbocycles. The van der Waals surface area contributed by atoms with E-state index in [-0.39, 0.29) is 28.9 Å². The topological polar surface area (TPSA) is 101 Å². The van der Waals surface area contributed by atoms with Gasteiger partial charge in [-0.2, -0.15) is 0 Å². The van der Waals surface area contributed by atoms with Crippen LogP contribution >= 0.6 is 27.5 Å². The van der Waals surface area contributed by atoms with Gasteiger partial charge in [0.05, 0.1) is 40.8 Å². The van der Waals surface area contributed by atoms with E-state index in [0.717, 1.165) is 34.1 Å². The number of hydrogen-bond acceptors (Lipinski definition) is 6. The number of rotatable bonds is 9. The molecule has 8 nitrogen and oxygen atoms in total.